The average Bonchev–Trinajstić information content (AvgIpc) is 2.84. The highest BCUT2D eigenvalue weighted by atomic mass is 32.1. The number of rotatable bonds is 2. The van der Waals surface area contributed by atoms with Crippen molar-refractivity contribution in [2.45, 2.75) is 25.8 Å². The third-order valence-corrected chi connectivity index (χ3v) is 3.46. The van der Waals surface area contributed by atoms with Gasteiger partial charge in [-0.05, 0) is 31.3 Å². The van der Waals surface area contributed by atoms with Gasteiger partial charge < -0.3 is 10.0 Å². The Bertz CT molecular complexity index is 431. The number of hydrogen-bond donors (Lipinski definition) is 1. The molecule has 0 radical (unpaired) electrons. The topological polar surface area (TPSA) is 83.4 Å². The van der Waals surface area contributed by atoms with Gasteiger partial charge in [-0.15, -0.1) is 5.10 Å². The van der Waals surface area contributed by atoms with Crippen LogP contribution in [0.1, 0.15) is 28.2 Å². The Morgan fingerprint density at radius 3 is 2.88 bits per heavy atom. The number of carbonyl (C=O) groups is 2. The fourth-order valence-electron chi connectivity index (χ4n) is 1.82. The van der Waals surface area contributed by atoms with Crippen molar-refractivity contribution in [1.29, 1.82) is 0 Å². The molecule has 1 amide bonds. The average molecular weight is 241 g/mol. The Kier molecular flexibility index (Phi) is 2.86. The van der Waals surface area contributed by atoms with Crippen LogP contribution in [-0.2, 0) is 4.79 Å². The summed E-state index contributed by atoms with van der Waals surface area (Å²) in [4.78, 5) is 24.8. The number of carbonyl (C=O) groups excluding carboxylic acids is 1. The second-order valence-corrected chi connectivity index (χ2v) is 4.44. The van der Waals surface area contributed by atoms with Crippen molar-refractivity contribution in [1.82, 2.24) is 14.5 Å². The zero-order chi connectivity index (χ0) is 11.7. The maximum atomic E-state index is 12.0. The number of aryl methyl sites for hydroxylation is 1. The molecule has 1 aromatic heterocycles. The minimum atomic E-state index is -0.944. The first-order valence-corrected chi connectivity index (χ1v) is 5.71. The minimum absolute atomic E-state index is 0.266. The number of hydrogen-bond acceptors (Lipinski definition) is 5. The first-order chi connectivity index (χ1) is 7.61. The van der Waals surface area contributed by atoms with E-state index in [0.717, 1.165) is 18.0 Å². The third-order valence-electron chi connectivity index (χ3n) is 2.64. The Morgan fingerprint density at radius 2 is 2.31 bits per heavy atom. The number of amides is 1. The number of aliphatic carboxylic acids is 1. The molecule has 16 heavy (non-hydrogen) atoms. The lowest BCUT2D eigenvalue weighted by Gasteiger charge is -2.20. The number of carboxylic acids is 1. The first-order valence-electron chi connectivity index (χ1n) is 4.94. The number of nitrogens with zero attached hydrogens (tertiary/aromatic N) is 3. The molecular formula is C9H11N3O3S. The quantitative estimate of drug-likeness (QED) is 0.816. The van der Waals surface area contributed by atoms with Crippen LogP contribution in [0, 0.1) is 6.92 Å². The van der Waals surface area contributed by atoms with Crippen LogP contribution in [0.25, 0.3) is 0 Å². The predicted molar refractivity (Wildman–Crippen MR) is 56.3 cm³/mol. The van der Waals surface area contributed by atoms with E-state index in [4.69, 9.17) is 5.11 Å². The first kappa shape index (κ1) is 11.0. The Balaban J connectivity index is 2.22. The van der Waals surface area contributed by atoms with Gasteiger partial charge in [-0.2, -0.15) is 0 Å². The molecule has 1 aromatic rings. The van der Waals surface area contributed by atoms with Crippen molar-refractivity contribution in [2.75, 3.05) is 6.54 Å². The Labute approximate surface area is 96.0 Å². The van der Waals surface area contributed by atoms with E-state index in [9.17, 15) is 9.59 Å². The summed E-state index contributed by atoms with van der Waals surface area (Å²) in [6, 6.07) is -0.700. The maximum Gasteiger partial charge on any atom is 0.326 e. The molecule has 1 saturated heterocycles. The van der Waals surface area contributed by atoms with Crippen LogP contribution < -0.4 is 0 Å². The van der Waals surface area contributed by atoms with E-state index in [1.807, 2.05) is 0 Å². The van der Waals surface area contributed by atoms with Gasteiger partial charge in [0.15, 0.2) is 0 Å². The van der Waals surface area contributed by atoms with Crippen LogP contribution in [0.3, 0.4) is 0 Å². The van der Waals surface area contributed by atoms with Gasteiger partial charge in [0.1, 0.15) is 10.9 Å². The molecule has 1 atom stereocenters. The fourth-order valence-corrected chi connectivity index (χ4v) is 2.44. The zero-order valence-electron chi connectivity index (χ0n) is 8.71. The van der Waals surface area contributed by atoms with E-state index in [0.29, 0.717) is 23.5 Å². The molecule has 7 heteroatoms. The molecule has 1 N–H and O–H groups in total. The minimum Gasteiger partial charge on any atom is -0.480 e. The van der Waals surface area contributed by atoms with E-state index in [2.05, 4.69) is 9.59 Å². The normalized spacial score (nSPS) is 20.1. The van der Waals surface area contributed by atoms with Gasteiger partial charge in [-0.3, -0.25) is 4.79 Å². The molecule has 1 fully saturated rings. The summed E-state index contributed by atoms with van der Waals surface area (Å²) in [6.45, 7) is 2.19. The SMILES string of the molecule is Cc1nnsc1C(=O)N1CCCC1C(=O)O. The number of likely N-dealkylation sites (tertiary alicyclic amines) is 1. The van der Waals surface area contributed by atoms with Crippen LogP contribution in [0.2, 0.25) is 0 Å². The smallest absolute Gasteiger partial charge is 0.326 e. The second-order valence-electron chi connectivity index (χ2n) is 3.68. The van der Waals surface area contributed by atoms with Crippen molar-refractivity contribution < 1.29 is 14.7 Å². The summed E-state index contributed by atoms with van der Waals surface area (Å²) < 4.78 is 3.68. The number of aromatic nitrogens is 2. The molecule has 0 aromatic carbocycles. The van der Waals surface area contributed by atoms with Crippen LogP contribution in [0.4, 0.5) is 0 Å². The van der Waals surface area contributed by atoms with Gasteiger partial charge in [0.2, 0.25) is 0 Å². The van der Waals surface area contributed by atoms with E-state index in [1.54, 1.807) is 6.92 Å². The molecule has 0 saturated carbocycles. The highest BCUT2D eigenvalue weighted by Crippen LogP contribution is 2.22. The van der Waals surface area contributed by atoms with Gasteiger partial charge in [-0.25, -0.2) is 4.79 Å². The lowest BCUT2D eigenvalue weighted by atomic mass is 10.2. The second kappa shape index (κ2) is 4.17. The molecule has 2 heterocycles. The monoisotopic (exact) mass is 241 g/mol. The molecule has 1 aliphatic heterocycles. The summed E-state index contributed by atoms with van der Waals surface area (Å²) in [7, 11) is 0. The van der Waals surface area contributed by atoms with Crippen LogP contribution in [0.15, 0.2) is 0 Å². The van der Waals surface area contributed by atoms with Gasteiger partial charge in [0, 0.05) is 6.54 Å². The van der Waals surface area contributed by atoms with Crippen molar-refractivity contribution in [3.63, 3.8) is 0 Å². The van der Waals surface area contributed by atoms with Gasteiger partial charge in [0.25, 0.3) is 5.91 Å². The van der Waals surface area contributed by atoms with Gasteiger partial charge >= 0.3 is 5.97 Å². The van der Waals surface area contributed by atoms with Crippen molar-refractivity contribution in [2.24, 2.45) is 0 Å². The summed E-state index contributed by atoms with van der Waals surface area (Å²) in [6.07, 6.45) is 1.25. The Hall–Kier alpha value is -1.50. The molecule has 0 spiro atoms. The molecule has 0 bridgehead atoms. The lowest BCUT2D eigenvalue weighted by Crippen LogP contribution is -2.40. The molecule has 2 rings (SSSR count). The fraction of sp³-hybridized carbons (Fsp3) is 0.556. The van der Waals surface area contributed by atoms with Crippen molar-refractivity contribution in [3.05, 3.63) is 10.6 Å². The van der Waals surface area contributed by atoms with E-state index < -0.39 is 12.0 Å². The highest BCUT2D eigenvalue weighted by molar-refractivity contribution is 7.07. The van der Waals surface area contributed by atoms with Gasteiger partial charge in [-0.1, -0.05) is 4.49 Å². The lowest BCUT2D eigenvalue weighted by molar-refractivity contribution is -0.141. The van der Waals surface area contributed by atoms with Crippen molar-refractivity contribution in [3.8, 4) is 0 Å². The largest absolute Gasteiger partial charge is 0.480 e. The zero-order valence-corrected chi connectivity index (χ0v) is 9.53. The van der Waals surface area contributed by atoms with Crippen LogP contribution in [-0.4, -0.2) is 44.1 Å². The molecule has 0 aliphatic carbocycles. The summed E-state index contributed by atoms with van der Waals surface area (Å²) in [5.74, 6) is -1.21. The molecule has 1 aliphatic rings. The standard InChI is InChI=1S/C9H11N3O3S/c1-5-7(16-11-10-5)8(13)12-4-2-3-6(12)9(14)15/h6H,2-4H2,1H3,(H,14,15). The van der Waals surface area contributed by atoms with Crippen LogP contribution in [0.5, 0.6) is 0 Å². The number of carboxylic acid groups (broad SMARTS) is 1. The van der Waals surface area contributed by atoms with Crippen LogP contribution >= 0.6 is 11.5 Å². The Morgan fingerprint density at radius 1 is 1.56 bits per heavy atom. The molecule has 6 nitrogen and oxygen atoms in total. The summed E-state index contributed by atoms with van der Waals surface area (Å²) in [5, 5.41) is 12.7. The third kappa shape index (κ3) is 1.78. The van der Waals surface area contributed by atoms with E-state index in [1.165, 1.54) is 4.90 Å². The van der Waals surface area contributed by atoms with E-state index >= 15 is 0 Å². The summed E-state index contributed by atoms with van der Waals surface area (Å²) >= 11 is 1.01. The molecule has 86 valence electrons. The highest BCUT2D eigenvalue weighted by Gasteiger charge is 2.35. The maximum absolute atomic E-state index is 12.0. The van der Waals surface area contributed by atoms with E-state index in [-0.39, 0.29) is 5.91 Å². The van der Waals surface area contributed by atoms with Gasteiger partial charge in [0.05, 0.1) is 5.69 Å². The predicted octanol–water partition coefficient (Wildman–Crippen LogP) is 0.536. The molecule has 1 unspecified atom stereocenters. The molecular weight excluding hydrogens is 230 g/mol. The summed E-state index contributed by atoms with van der Waals surface area (Å²) in [5.41, 5.74) is 0.561. The van der Waals surface area contributed by atoms with Crippen molar-refractivity contribution >= 4 is 23.4 Å².